The molecular weight excluding hydrogens is 305 g/mol. The molecule has 0 aliphatic carbocycles. The minimum absolute atomic E-state index is 0.0876. The van der Waals surface area contributed by atoms with Crippen molar-refractivity contribution in [1.82, 2.24) is 0 Å². The molecule has 4 heteroatoms. The molecule has 1 aromatic carbocycles. The summed E-state index contributed by atoms with van der Waals surface area (Å²) in [6.45, 7) is 1.05. The summed E-state index contributed by atoms with van der Waals surface area (Å²) >= 11 is 2.23. The van der Waals surface area contributed by atoms with Crippen LogP contribution in [0.4, 0.5) is 0 Å². The van der Waals surface area contributed by atoms with Crippen LogP contribution in [-0.4, -0.2) is 25.5 Å². The first-order valence-corrected chi connectivity index (χ1v) is 5.84. The average molecular weight is 319 g/mol. The predicted molar refractivity (Wildman–Crippen MR) is 67.7 cm³/mol. The van der Waals surface area contributed by atoms with Crippen molar-refractivity contribution >= 4 is 28.4 Å². The second kappa shape index (κ2) is 6.92. The average Bonchev–Trinajstić information content (AvgIpc) is 2.22. The fourth-order valence-corrected chi connectivity index (χ4v) is 1.51. The highest BCUT2D eigenvalue weighted by molar-refractivity contribution is 14.1. The molecule has 0 saturated heterocycles. The summed E-state index contributed by atoms with van der Waals surface area (Å²) in [5.41, 5.74) is 6.27. The molecule has 0 fully saturated rings. The molecule has 0 heterocycles. The van der Waals surface area contributed by atoms with Crippen LogP contribution in [-0.2, 0) is 16.0 Å². The Bertz CT molecular complexity index is 311. The Hall–Kier alpha value is -0.460. The quantitative estimate of drug-likeness (QED) is 0.637. The smallest absolute Gasteiger partial charge is 0.162 e. The van der Waals surface area contributed by atoms with Gasteiger partial charge in [-0.15, -0.1) is 0 Å². The zero-order valence-electron chi connectivity index (χ0n) is 8.41. The van der Waals surface area contributed by atoms with E-state index in [1.807, 2.05) is 24.3 Å². The van der Waals surface area contributed by atoms with Crippen molar-refractivity contribution in [1.29, 1.82) is 0 Å². The van der Waals surface area contributed by atoms with Gasteiger partial charge >= 0.3 is 0 Å². The van der Waals surface area contributed by atoms with E-state index >= 15 is 0 Å². The maximum atomic E-state index is 11.4. The van der Waals surface area contributed by atoms with Crippen LogP contribution in [0.2, 0.25) is 0 Å². The van der Waals surface area contributed by atoms with E-state index in [9.17, 15) is 4.79 Å². The first-order valence-electron chi connectivity index (χ1n) is 4.76. The largest absolute Gasteiger partial charge is 0.372 e. The molecular formula is C11H14INO2. The number of hydrogen-bond acceptors (Lipinski definition) is 3. The zero-order valence-corrected chi connectivity index (χ0v) is 10.6. The number of halogens is 1. The normalized spacial score (nSPS) is 10.3. The Morgan fingerprint density at radius 1 is 1.33 bits per heavy atom. The van der Waals surface area contributed by atoms with Crippen molar-refractivity contribution in [2.24, 2.45) is 5.73 Å². The molecule has 0 aromatic heterocycles. The van der Waals surface area contributed by atoms with E-state index in [0.717, 1.165) is 5.56 Å². The van der Waals surface area contributed by atoms with Crippen molar-refractivity contribution in [3.8, 4) is 0 Å². The zero-order chi connectivity index (χ0) is 11.1. The summed E-state index contributed by atoms with van der Waals surface area (Å²) in [5.74, 6) is 0.0876. The molecule has 0 aliphatic rings. The summed E-state index contributed by atoms with van der Waals surface area (Å²) in [7, 11) is 0. The maximum Gasteiger partial charge on any atom is 0.162 e. The van der Waals surface area contributed by atoms with E-state index in [0.29, 0.717) is 19.6 Å². The Kier molecular flexibility index (Phi) is 5.82. The van der Waals surface area contributed by atoms with Gasteiger partial charge in [-0.2, -0.15) is 0 Å². The van der Waals surface area contributed by atoms with Crippen LogP contribution in [0.3, 0.4) is 0 Å². The van der Waals surface area contributed by atoms with E-state index in [2.05, 4.69) is 22.6 Å². The molecule has 0 unspecified atom stereocenters. The van der Waals surface area contributed by atoms with Gasteiger partial charge in [-0.25, -0.2) is 0 Å². The van der Waals surface area contributed by atoms with Crippen LogP contribution in [0.5, 0.6) is 0 Å². The summed E-state index contributed by atoms with van der Waals surface area (Å²) in [4.78, 5) is 11.4. The fraction of sp³-hybridized carbons (Fsp3) is 0.364. The summed E-state index contributed by atoms with van der Waals surface area (Å²) in [6.07, 6.45) is 0.432. The SMILES string of the molecule is NCCOCC(=O)Cc1ccc(I)cc1. The highest BCUT2D eigenvalue weighted by atomic mass is 127. The predicted octanol–water partition coefficient (Wildman–Crippen LogP) is 1.38. The summed E-state index contributed by atoms with van der Waals surface area (Å²) in [6, 6.07) is 7.90. The number of carbonyl (C=O) groups is 1. The van der Waals surface area contributed by atoms with E-state index < -0.39 is 0 Å². The Morgan fingerprint density at radius 2 is 2.00 bits per heavy atom. The Morgan fingerprint density at radius 3 is 2.60 bits per heavy atom. The highest BCUT2D eigenvalue weighted by Crippen LogP contribution is 2.07. The van der Waals surface area contributed by atoms with Crippen LogP contribution in [0, 0.1) is 3.57 Å². The van der Waals surface area contributed by atoms with Crippen molar-refractivity contribution < 1.29 is 9.53 Å². The lowest BCUT2D eigenvalue weighted by molar-refractivity contribution is -0.122. The van der Waals surface area contributed by atoms with Crippen molar-refractivity contribution in [2.75, 3.05) is 19.8 Å². The van der Waals surface area contributed by atoms with Crippen LogP contribution in [0.25, 0.3) is 0 Å². The fourth-order valence-electron chi connectivity index (χ4n) is 1.15. The minimum atomic E-state index is 0.0876. The number of rotatable bonds is 6. The second-order valence-electron chi connectivity index (χ2n) is 3.18. The van der Waals surface area contributed by atoms with Crippen molar-refractivity contribution in [3.05, 3.63) is 33.4 Å². The van der Waals surface area contributed by atoms with Gasteiger partial charge in [-0.1, -0.05) is 12.1 Å². The summed E-state index contributed by atoms with van der Waals surface area (Å²) in [5, 5.41) is 0. The number of benzene rings is 1. The van der Waals surface area contributed by atoms with Gasteiger partial charge in [0, 0.05) is 16.5 Å². The number of hydrogen-bond donors (Lipinski definition) is 1. The number of carbonyl (C=O) groups excluding carboxylic acids is 1. The lowest BCUT2D eigenvalue weighted by Crippen LogP contribution is -2.16. The Balaban J connectivity index is 2.34. The Labute approximate surface area is 103 Å². The maximum absolute atomic E-state index is 11.4. The van der Waals surface area contributed by atoms with Crippen LogP contribution >= 0.6 is 22.6 Å². The van der Waals surface area contributed by atoms with Gasteiger partial charge in [0.1, 0.15) is 6.61 Å². The van der Waals surface area contributed by atoms with Crippen molar-refractivity contribution in [2.45, 2.75) is 6.42 Å². The third-order valence-corrected chi connectivity index (χ3v) is 2.56. The molecule has 15 heavy (non-hydrogen) atoms. The minimum Gasteiger partial charge on any atom is -0.372 e. The van der Waals surface area contributed by atoms with Crippen LogP contribution < -0.4 is 5.73 Å². The van der Waals surface area contributed by atoms with Gasteiger partial charge in [0.2, 0.25) is 0 Å². The second-order valence-corrected chi connectivity index (χ2v) is 4.43. The monoisotopic (exact) mass is 319 g/mol. The molecule has 2 N–H and O–H groups in total. The molecule has 82 valence electrons. The van der Waals surface area contributed by atoms with Gasteiger partial charge in [-0.05, 0) is 40.3 Å². The van der Waals surface area contributed by atoms with E-state index in [1.165, 1.54) is 3.57 Å². The lowest BCUT2D eigenvalue weighted by atomic mass is 10.1. The van der Waals surface area contributed by atoms with Crippen LogP contribution in [0.1, 0.15) is 5.56 Å². The van der Waals surface area contributed by atoms with Crippen LogP contribution in [0.15, 0.2) is 24.3 Å². The summed E-state index contributed by atoms with van der Waals surface area (Å²) < 4.78 is 6.23. The molecule has 1 rings (SSSR count). The van der Waals surface area contributed by atoms with Gasteiger partial charge < -0.3 is 10.5 Å². The van der Waals surface area contributed by atoms with E-state index in [-0.39, 0.29) is 12.4 Å². The third kappa shape index (κ3) is 5.25. The number of Topliss-reactive ketones (excluding diaryl/α,β-unsaturated/α-hetero) is 1. The molecule has 1 aromatic rings. The van der Waals surface area contributed by atoms with Gasteiger partial charge in [-0.3, -0.25) is 4.79 Å². The van der Waals surface area contributed by atoms with Gasteiger partial charge in [0.05, 0.1) is 6.61 Å². The van der Waals surface area contributed by atoms with Gasteiger partial charge in [0.25, 0.3) is 0 Å². The number of ketones is 1. The molecule has 0 radical (unpaired) electrons. The molecule has 0 atom stereocenters. The van der Waals surface area contributed by atoms with Gasteiger partial charge in [0.15, 0.2) is 5.78 Å². The molecule has 0 saturated carbocycles. The van der Waals surface area contributed by atoms with E-state index in [4.69, 9.17) is 10.5 Å². The number of nitrogens with two attached hydrogens (primary N) is 1. The number of ether oxygens (including phenoxy) is 1. The first-order chi connectivity index (χ1) is 7.22. The first kappa shape index (κ1) is 12.6. The topological polar surface area (TPSA) is 52.3 Å². The van der Waals surface area contributed by atoms with E-state index in [1.54, 1.807) is 0 Å². The highest BCUT2D eigenvalue weighted by Gasteiger charge is 2.03. The molecule has 0 spiro atoms. The molecule has 0 amide bonds. The molecule has 3 nitrogen and oxygen atoms in total. The molecule has 0 aliphatic heterocycles. The lowest BCUT2D eigenvalue weighted by Gasteiger charge is -2.02. The standard InChI is InChI=1S/C11H14INO2/c12-10-3-1-9(2-4-10)7-11(14)8-15-6-5-13/h1-4H,5-8,13H2. The van der Waals surface area contributed by atoms with Crippen molar-refractivity contribution in [3.63, 3.8) is 0 Å². The third-order valence-electron chi connectivity index (χ3n) is 1.84. The molecule has 0 bridgehead atoms.